The fourth-order valence-corrected chi connectivity index (χ4v) is 1.63. The highest BCUT2D eigenvalue weighted by Gasteiger charge is 2.21. The number of hydrogen-bond donors (Lipinski definition) is 3. The van der Waals surface area contributed by atoms with Crippen LogP contribution >= 0.6 is 0 Å². The van der Waals surface area contributed by atoms with Gasteiger partial charge in [0, 0.05) is 12.0 Å². The maximum atomic E-state index is 13.4. The SMILES string of the molecule is O=C(O)CC[C@H](NC(=O)Cc1cccc(F)c1F)C(=O)O. The molecule has 0 bridgehead atoms. The first-order chi connectivity index (χ1) is 9.81. The molecule has 8 heteroatoms. The summed E-state index contributed by atoms with van der Waals surface area (Å²) in [5.74, 6) is -5.72. The van der Waals surface area contributed by atoms with Gasteiger partial charge in [-0.05, 0) is 12.5 Å². The van der Waals surface area contributed by atoms with Gasteiger partial charge in [0.2, 0.25) is 5.91 Å². The van der Waals surface area contributed by atoms with Crippen molar-refractivity contribution in [3.63, 3.8) is 0 Å². The molecule has 6 nitrogen and oxygen atoms in total. The summed E-state index contributed by atoms with van der Waals surface area (Å²) in [6.45, 7) is 0. The Hall–Kier alpha value is -2.51. The van der Waals surface area contributed by atoms with E-state index in [2.05, 4.69) is 5.32 Å². The molecule has 0 aliphatic heterocycles. The highest BCUT2D eigenvalue weighted by atomic mass is 19.2. The Morgan fingerprint density at radius 3 is 2.43 bits per heavy atom. The Labute approximate surface area is 118 Å². The van der Waals surface area contributed by atoms with Crippen molar-refractivity contribution in [2.75, 3.05) is 0 Å². The normalized spacial score (nSPS) is 11.7. The molecule has 0 aliphatic rings. The first-order valence-corrected chi connectivity index (χ1v) is 5.98. The number of nitrogens with one attached hydrogen (secondary N) is 1. The van der Waals surface area contributed by atoms with Gasteiger partial charge in [0.05, 0.1) is 6.42 Å². The number of aliphatic carboxylic acids is 2. The number of carbonyl (C=O) groups excluding carboxylic acids is 1. The minimum atomic E-state index is -1.40. The highest BCUT2D eigenvalue weighted by molar-refractivity contribution is 5.85. The van der Waals surface area contributed by atoms with Crippen molar-refractivity contribution in [3.8, 4) is 0 Å². The lowest BCUT2D eigenvalue weighted by molar-refractivity contribution is -0.143. The molecular formula is C13H13F2NO5. The van der Waals surface area contributed by atoms with Crippen LogP contribution in [0.15, 0.2) is 18.2 Å². The van der Waals surface area contributed by atoms with Crippen LogP contribution in [-0.4, -0.2) is 34.1 Å². The Morgan fingerprint density at radius 2 is 1.86 bits per heavy atom. The van der Waals surface area contributed by atoms with Crippen molar-refractivity contribution in [1.82, 2.24) is 5.32 Å². The zero-order valence-electron chi connectivity index (χ0n) is 10.8. The standard InChI is InChI=1S/C13H13F2NO5/c14-8-3-1-2-7(12(8)15)6-10(17)16-9(13(20)21)4-5-11(18)19/h1-3,9H,4-6H2,(H,16,17)(H,18,19)(H,20,21)/t9-/m0/s1. The lowest BCUT2D eigenvalue weighted by Gasteiger charge is -2.13. The summed E-state index contributed by atoms with van der Waals surface area (Å²) in [6, 6.07) is 1.92. The van der Waals surface area contributed by atoms with Crippen LogP contribution in [0, 0.1) is 11.6 Å². The van der Waals surface area contributed by atoms with Crippen LogP contribution in [0.2, 0.25) is 0 Å². The van der Waals surface area contributed by atoms with E-state index < -0.39 is 48.4 Å². The number of benzene rings is 1. The van der Waals surface area contributed by atoms with Gasteiger partial charge in [-0.3, -0.25) is 9.59 Å². The molecule has 21 heavy (non-hydrogen) atoms. The Bertz CT molecular complexity index is 561. The Balaban J connectivity index is 2.67. The second kappa shape index (κ2) is 7.32. The lowest BCUT2D eigenvalue weighted by Crippen LogP contribution is -2.41. The third-order valence-electron chi connectivity index (χ3n) is 2.66. The smallest absolute Gasteiger partial charge is 0.326 e. The molecule has 0 radical (unpaired) electrons. The molecule has 0 unspecified atom stereocenters. The first kappa shape index (κ1) is 16.5. The van der Waals surface area contributed by atoms with Crippen molar-refractivity contribution >= 4 is 17.8 Å². The summed E-state index contributed by atoms with van der Waals surface area (Å²) in [5, 5.41) is 19.4. The molecule has 0 aliphatic carbocycles. The molecule has 1 rings (SSSR count). The van der Waals surface area contributed by atoms with E-state index in [1.807, 2.05) is 0 Å². The summed E-state index contributed by atoms with van der Waals surface area (Å²) in [4.78, 5) is 32.9. The average Bonchev–Trinajstić information content (AvgIpc) is 2.39. The molecule has 1 atom stereocenters. The molecule has 1 aromatic carbocycles. The molecular weight excluding hydrogens is 288 g/mol. The number of amides is 1. The van der Waals surface area contributed by atoms with Crippen molar-refractivity contribution in [2.45, 2.75) is 25.3 Å². The van der Waals surface area contributed by atoms with Crippen LogP contribution in [0.1, 0.15) is 18.4 Å². The van der Waals surface area contributed by atoms with Gasteiger partial charge >= 0.3 is 11.9 Å². The lowest BCUT2D eigenvalue weighted by atomic mass is 10.1. The van der Waals surface area contributed by atoms with E-state index in [-0.39, 0.29) is 12.0 Å². The number of hydrogen-bond acceptors (Lipinski definition) is 3. The quantitative estimate of drug-likeness (QED) is 0.695. The van der Waals surface area contributed by atoms with Gasteiger partial charge < -0.3 is 15.5 Å². The highest BCUT2D eigenvalue weighted by Crippen LogP contribution is 2.12. The zero-order chi connectivity index (χ0) is 16.0. The van der Waals surface area contributed by atoms with E-state index in [0.29, 0.717) is 0 Å². The largest absolute Gasteiger partial charge is 0.481 e. The third kappa shape index (κ3) is 5.17. The predicted molar refractivity (Wildman–Crippen MR) is 66.5 cm³/mol. The molecule has 0 spiro atoms. The minimum absolute atomic E-state index is 0.213. The maximum absolute atomic E-state index is 13.4. The van der Waals surface area contributed by atoms with Crippen molar-refractivity contribution < 1.29 is 33.4 Å². The monoisotopic (exact) mass is 301 g/mol. The van der Waals surface area contributed by atoms with E-state index in [1.54, 1.807) is 0 Å². The third-order valence-corrected chi connectivity index (χ3v) is 2.66. The Morgan fingerprint density at radius 1 is 1.19 bits per heavy atom. The van der Waals surface area contributed by atoms with Gasteiger partial charge in [-0.2, -0.15) is 0 Å². The molecule has 0 aromatic heterocycles. The minimum Gasteiger partial charge on any atom is -0.481 e. The van der Waals surface area contributed by atoms with Crippen molar-refractivity contribution in [2.24, 2.45) is 0 Å². The van der Waals surface area contributed by atoms with Crippen LogP contribution in [-0.2, 0) is 20.8 Å². The number of halogens is 2. The Kier molecular flexibility index (Phi) is 5.77. The summed E-state index contributed by atoms with van der Waals surface area (Å²) in [5.41, 5.74) is -0.213. The number of carboxylic acid groups (broad SMARTS) is 2. The molecule has 3 N–H and O–H groups in total. The summed E-state index contributed by atoms with van der Waals surface area (Å²) >= 11 is 0. The van der Waals surface area contributed by atoms with E-state index in [1.165, 1.54) is 12.1 Å². The molecule has 114 valence electrons. The first-order valence-electron chi connectivity index (χ1n) is 5.98. The summed E-state index contributed by atoms with van der Waals surface area (Å²) in [6.07, 6.45) is -1.28. The molecule has 1 amide bonds. The van der Waals surface area contributed by atoms with Crippen molar-refractivity contribution in [1.29, 1.82) is 0 Å². The van der Waals surface area contributed by atoms with Gasteiger partial charge in [0.25, 0.3) is 0 Å². The van der Waals surface area contributed by atoms with Gasteiger partial charge in [0.1, 0.15) is 6.04 Å². The topological polar surface area (TPSA) is 104 Å². The molecule has 1 aromatic rings. The second-order valence-corrected chi connectivity index (χ2v) is 4.28. The van der Waals surface area contributed by atoms with Crippen LogP contribution in [0.5, 0.6) is 0 Å². The number of carbonyl (C=O) groups is 3. The van der Waals surface area contributed by atoms with Gasteiger partial charge in [0.15, 0.2) is 11.6 Å². The molecule has 0 saturated carbocycles. The molecule has 0 heterocycles. The fourth-order valence-electron chi connectivity index (χ4n) is 1.63. The van der Waals surface area contributed by atoms with E-state index >= 15 is 0 Å². The molecule has 0 fully saturated rings. The maximum Gasteiger partial charge on any atom is 0.326 e. The van der Waals surface area contributed by atoms with E-state index in [0.717, 1.165) is 6.07 Å². The van der Waals surface area contributed by atoms with Gasteiger partial charge in [-0.15, -0.1) is 0 Å². The summed E-state index contributed by atoms with van der Waals surface area (Å²) in [7, 11) is 0. The van der Waals surface area contributed by atoms with Crippen LogP contribution in [0.25, 0.3) is 0 Å². The van der Waals surface area contributed by atoms with E-state index in [9.17, 15) is 23.2 Å². The molecule has 0 saturated heterocycles. The predicted octanol–water partition coefficient (Wildman–Crippen LogP) is 0.941. The van der Waals surface area contributed by atoms with Crippen LogP contribution in [0.4, 0.5) is 8.78 Å². The van der Waals surface area contributed by atoms with E-state index in [4.69, 9.17) is 10.2 Å². The van der Waals surface area contributed by atoms with Gasteiger partial charge in [-0.25, -0.2) is 13.6 Å². The van der Waals surface area contributed by atoms with Gasteiger partial charge in [-0.1, -0.05) is 12.1 Å². The average molecular weight is 301 g/mol. The fraction of sp³-hybridized carbons (Fsp3) is 0.308. The number of rotatable bonds is 7. The zero-order valence-corrected chi connectivity index (χ0v) is 10.8. The summed E-state index contributed by atoms with van der Waals surface area (Å²) < 4.78 is 26.3. The van der Waals surface area contributed by atoms with Crippen molar-refractivity contribution in [3.05, 3.63) is 35.4 Å². The number of carboxylic acids is 2. The second-order valence-electron chi connectivity index (χ2n) is 4.28. The van der Waals surface area contributed by atoms with Crippen LogP contribution in [0.3, 0.4) is 0 Å². The van der Waals surface area contributed by atoms with Crippen LogP contribution < -0.4 is 5.32 Å².